The molecule has 43 heavy (non-hydrogen) atoms. The largest absolute Gasteiger partial charge is 0.493 e. The van der Waals surface area contributed by atoms with E-state index in [1.165, 1.54) is 5.56 Å². The Kier molecular flexibility index (Phi) is 13.4. The van der Waals surface area contributed by atoms with Crippen molar-refractivity contribution in [2.45, 2.75) is 118 Å². The maximum absolute atomic E-state index is 10.7. The average Bonchev–Trinajstić information content (AvgIpc) is 2.93. The molecule has 0 saturated heterocycles. The zero-order valence-corrected chi connectivity index (χ0v) is 28.0. The van der Waals surface area contributed by atoms with Crippen LogP contribution >= 0.6 is 0 Å². The molecule has 2 aromatic carbocycles. The number of hydrogen-bond donors (Lipinski definition) is 3. The van der Waals surface area contributed by atoms with Crippen LogP contribution in [-0.4, -0.2) is 53.3 Å². The number of benzene rings is 2. The van der Waals surface area contributed by atoms with Crippen molar-refractivity contribution in [3.05, 3.63) is 53.1 Å². The maximum Gasteiger partial charge on any atom is 0.303 e. The van der Waals surface area contributed by atoms with Gasteiger partial charge in [0.05, 0.1) is 18.8 Å². The number of ether oxygens (including phenoxy) is 3. The fourth-order valence-electron chi connectivity index (χ4n) is 4.95. The van der Waals surface area contributed by atoms with Gasteiger partial charge in [-0.1, -0.05) is 73.6 Å². The molecule has 0 radical (unpaired) electrons. The third kappa shape index (κ3) is 10.4. The zero-order chi connectivity index (χ0) is 32.4. The highest BCUT2D eigenvalue weighted by atomic mass is 16.5. The van der Waals surface area contributed by atoms with Gasteiger partial charge in [-0.2, -0.15) is 0 Å². The second-order valence-corrected chi connectivity index (χ2v) is 13.9. The predicted molar refractivity (Wildman–Crippen MR) is 172 cm³/mol. The lowest BCUT2D eigenvalue weighted by atomic mass is 9.70. The SMILES string of the molecule is CCC(CC)(c1ccc(OCCCCCC(=O)O)c(C)c1)c1ccc(OCC(O)C(C)(C)C)c(OCC(O)C(C)(C)C)c1. The Balaban J connectivity index is 2.36. The molecule has 0 aliphatic carbocycles. The summed E-state index contributed by atoms with van der Waals surface area (Å²) in [5.41, 5.74) is 2.38. The Morgan fingerprint density at radius 3 is 1.72 bits per heavy atom. The summed E-state index contributed by atoms with van der Waals surface area (Å²) in [5, 5.41) is 30.1. The van der Waals surface area contributed by atoms with Gasteiger partial charge in [-0.25, -0.2) is 0 Å². The normalized spacial score (nSPS) is 13.8. The van der Waals surface area contributed by atoms with Crippen LogP contribution in [0.2, 0.25) is 0 Å². The van der Waals surface area contributed by atoms with E-state index < -0.39 is 18.2 Å². The lowest BCUT2D eigenvalue weighted by molar-refractivity contribution is -0.137. The summed E-state index contributed by atoms with van der Waals surface area (Å²) in [6, 6.07) is 12.4. The van der Waals surface area contributed by atoms with Crippen molar-refractivity contribution < 1.29 is 34.3 Å². The van der Waals surface area contributed by atoms with Crippen LogP contribution in [0.15, 0.2) is 36.4 Å². The van der Waals surface area contributed by atoms with Gasteiger partial charge in [-0.15, -0.1) is 0 Å². The molecule has 7 heteroatoms. The molecule has 2 unspecified atom stereocenters. The van der Waals surface area contributed by atoms with Gasteiger partial charge in [0.15, 0.2) is 11.5 Å². The van der Waals surface area contributed by atoms with Crippen molar-refractivity contribution in [1.29, 1.82) is 0 Å². The third-order valence-electron chi connectivity index (χ3n) is 8.52. The smallest absolute Gasteiger partial charge is 0.303 e. The Hall–Kier alpha value is -2.77. The predicted octanol–water partition coefficient (Wildman–Crippen LogP) is 7.70. The monoisotopic (exact) mass is 600 g/mol. The summed E-state index contributed by atoms with van der Waals surface area (Å²) < 4.78 is 18.4. The van der Waals surface area contributed by atoms with E-state index in [1.807, 2.05) is 59.7 Å². The van der Waals surface area contributed by atoms with Gasteiger partial charge in [0.2, 0.25) is 0 Å². The Labute approximate surface area is 259 Å². The van der Waals surface area contributed by atoms with Gasteiger partial charge in [0.1, 0.15) is 19.0 Å². The molecule has 242 valence electrons. The van der Waals surface area contributed by atoms with Crippen molar-refractivity contribution in [2.24, 2.45) is 10.8 Å². The molecule has 2 aromatic rings. The van der Waals surface area contributed by atoms with Gasteiger partial charge in [-0.05, 0) is 84.7 Å². The van der Waals surface area contributed by atoms with Gasteiger partial charge in [0.25, 0.3) is 0 Å². The number of carboxylic acids is 1. The highest BCUT2D eigenvalue weighted by Gasteiger charge is 2.33. The number of rotatable bonds is 17. The van der Waals surface area contributed by atoms with Crippen LogP contribution in [-0.2, 0) is 10.2 Å². The van der Waals surface area contributed by atoms with Crippen LogP contribution in [0, 0.1) is 17.8 Å². The van der Waals surface area contributed by atoms with Crippen LogP contribution in [0.4, 0.5) is 0 Å². The first-order valence-corrected chi connectivity index (χ1v) is 15.8. The lowest BCUT2D eigenvalue weighted by Crippen LogP contribution is -2.33. The van der Waals surface area contributed by atoms with E-state index in [2.05, 4.69) is 39.0 Å². The molecular formula is C36H56O7. The van der Waals surface area contributed by atoms with E-state index >= 15 is 0 Å². The second kappa shape index (κ2) is 15.8. The summed E-state index contributed by atoms with van der Waals surface area (Å²) in [6.45, 7) is 19.1. The molecule has 0 aromatic heterocycles. The topological polar surface area (TPSA) is 105 Å². The molecule has 0 spiro atoms. The van der Waals surface area contributed by atoms with Crippen molar-refractivity contribution in [2.75, 3.05) is 19.8 Å². The number of aliphatic hydroxyl groups excluding tert-OH is 2. The Bertz CT molecular complexity index is 1160. The van der Waals surface area contributed by atoms with Gasteiger partial charge in [0, 0.05) is 11.8 Å². The highest BCUT2D eigenvalue weighted by molar-refractivity contribution is 5.66. The fourth-order valence-corrected chi connectivity index (χ4v) is 4.95. The average molecular weight is 601 g/mol. The van der Waals surface area contributed by atoms with Gasteiger partial charge < -0.3 is 29.5 Å². The molecule has 3 N–H and O–H groups in total. The first kappa shape index (κ1) is 36.4. The molecule has 0 amide bonds. The quantitative estimate of drug-likeness (QED) is 0.160. The standard InChI is InChI=1S/C36H56O7/c1-10-36(11-2,26-16-18-28(25(3)21-26)41-20-14-12-13-15-33(39)40)27-17-19-29(42-23-31(37)34(4,5)6)30(22-27)43-24-32(38)35(7,8)9/h16-19,21-22,31-32,37-38H,10-15,20,23-24H2,1-9H3,(H,39,40). The van der Waals surface area contributed by atoms with E-state index in [0.29, 0.717) is 24.5 Å². The first-order valence-electron chi connectivity index (χ1n) is 15.8. The minimum Gasteiger partial charge on any atom is -0.493 e. The van der Waals surface area contributed by atoms with E-state index in [4.69, 9.17) is 19.3 Å². The summed E-state index contributed by atoms with van der Waals surface area (Å²) in [5.74, 6) is 1.17. The van der Waals surface area contributed by atoms with Gasteiger partial charge in [-0.3, -0.25) is 4.79 Å². The molecule has 0 bridgehead atoms. The number of hydrogen-bond acceptors (Lipinski definition) is 6. The Morgan fingerprint density at radius 2 is 1.23 bits per heavy atom. The highest BCUT2D eigenvalue weighted by Crippen LogP contribution is 2.43. The number of aryl methyl sites for hydroxylation is 1. The van der Waals surface area contributed by atoms with Crippen LogP contribution in [0.1, 0.15) is 111 Å². The summed E-state index contributed by atoms with van der Waals surface area (Å²) in [6.07, 6.45) is 2.89. The van der Waals surface area contributed by atoms with Crippen LogP contribution in [0.3, 0.4) is 0 Å². The second-order valence-electron chi connectivity index (χ2n) is 13.9. The molecule has 0 aliphatic rings. The number of aliphatic carboxylic acids is 1. The van der Waals surface area contributed by atoms with Gasteiger partial charge >= 0.3 is 5.97 Å². The van der Waals surface area contributed by atoms with Crippen LogP contribution in [0.25, 0.3) is 0 Å². The van der Waals surface area contributed by atoms with E-state index in [1.54, 1.807) is 0 Å². The van der Waals surface area contributed by atoms with E-state index in [9.17, 15) is 15.0 Å². The fraction of sp³-hybridized carbons (Fsp3) is 0.639. The number of aliphatic hydroxyl groups is 2. The van der Waals surface area contributed by atoms with Crippen molar-refractivity contribution >= 4 is 5.97 Å². The molecule has 2 atom stereocenters. The number of carbonyl (C=O) groups is 1. The molecule has 0 saturated carbocycles. The number of unbranched alkanes of at least 4 members (excludes halogenated alkanes) is 2. The van der Waals surface area contributed by atoms with Crippen LogP contribution in [0.5, 0.6) is 17.2 Å². The minimum atomic E-state index is -0.759. The zero-order valence-electron chi connectivity index (χ0n) is 28.0. The molecule has 0 aliphatic heterocycles. The molecular weight excluding hydrogens is 544 g/mol. The third-order valence-corrected chi connectivity index (χ3v) is 8.52. The first-order chi connectivity index (χ1) is 20.0. The van der Waals surface area contributed by atoms with Crippen LogP contribution < -0.4 is 14.2 Å². The van der Waals surface area contributed by atoms with Crippen molar-refractivity contribution in [1.82, 2.24) is 0 Å². The molecule has 0 fully saturated rings. The van der Waals surface area contributed by atoms with Crippen molar-refractivity contribution in [3.8, 4) is 17.2 Å². The maximum atomic E-state index is 10.7. The lowest BCUT2D eigenvalue weighted by Gasteiger charge is -2.34. The summed E-state index contributed by atoms with van der Waals surface area (Å²) in [4.78, 5) is 10.7. The summed E-state index contributed by atoms with van der Waals surface area (Å²) >= 11 is 0. The molecule has 7 nitrogen and oxygen atoms in total. The molecule has 0 heterocycles. The van der Waals surface area contributed by atoms with E-state index in [-0.39, 0.29) is 35.9 Å². The summed E-state index contributed by atoms with van der Waals surface area (Å²) in [7, 11) is 0. The molecule has 2 rings (SSSR count). The Morgan fingerprint density at radius 1 is 0.721 bits per heavy atom. The van der Waals surface area contributed by atoms with E-state index in [0.717, 1.165) is 42.6 Å². The number of carboxylic acid groups (broad SMARTS) is 1. The van der Waals surface area contributed by atoms with Crippen molar-refractivity contribution in [3.63, 3.8) is 0 Å². The minimum absolute atomic E-state index is 0.123.